The highest BCUT2D eigenvalue weighted by molar-refractivity contribution is 5.86. The van der Waals surface area contributed by atoms with Crippen molar-refractivity contribution in [3.8, 4) is 0 Å². The first-order valence-electron chi connectivity index (χ1n) is 18.1. The summed E-state index contributed by atoms with van der Waals surface area (Å²) in [6.07, 6.45) is -16.8. The van der Waals surface area contributed by atoms with E-state index in [1.807, 2.05) is 0 Å². The topological polar surface area (TPSA) is 388 Å². The maximum Gasteiger partial charge on any atom is 0.252 e. The summed E-state index contributed by atoms with van der Waals surface area (Å²) in [6.45, 7) is -0.869. The van der Waals surface area contributed by atoms with Gasteiger partial charge in [0.1, 0.15) is 60.5 Å². The molecule has 0 aromatic heterocycles. The lowest BCUT2D eigenvalue weighted by Gasteiger charge is -2.48. The molecule has 22 nitrogen and oxygen atoms in total. The Kier molecular flexibility index (Phi) is 14.8. The van der Waals surface area contributed by atoms with Gasteiger partial charge in [-0.25, -0.2) is 0 Å². The van der Waals surface area contributed by atoms with Gasteiger partial charge in [0.25, 0.3) is 5.91 Å². The van der Waals surface area contributed by atoms with Crippen LogP contribution < -0.4 is 39.3 Å². The van der Waals surface area contributed by atoms with Crippen LogP contribution in [0.2, 0.25) is 0 Å². The fraction of sp³-hybridized carbons (Fsp3) is 0.968. The largest absolute Gasteiger partial charge is 0.394 e. The molecule has 53 heavy (non-hydrogen) atoms. The number of nitrogens with two attached hydrogens (primary N) is 5. The van der Waals surface area contributed by atoms with Crippen molar-refractivity contribution >= 4 is 5.91 Å². The third-order valence-electron chi connectivity index (χ3n) is 10.7. The van der Waals surface area contributed by atoms with Crippen LogP contribution in [0.4, 0.5) is 0 Å². The highest BCUT2D eigenvalue weighted by Gasteiger charge is 2.55. The summed E-state index contributed by atoms with van der Waals surface area (Å²) in [4.78, 5) is 13.1. The van der Waals surface area contributed by atoms with E-state index < -0.39 is 135 Å². The van der Waals surface area contributed by atoms with Crippen LogP contribution in [0, 0.1) is 0 Å². The van der Waals surface area contributed by atoms with Crippen LogP contribution in [-0.2, 0) is 33.2 Å². The molecule has 5 aliphatic rings. The molecule has 0 aromatic rings. The predicted octanol–water partition coefficient (Wildman–Crippen LogP) is -8.84. The van der Waals surface area contributed by atoms with Crippen molar-refractivity contribution in [2.45, 2.75) is 154 Å². The lowest BCUT2D eigenvalue weighted by molar-refractivity contribution is -0.290. The predicted molar refractivity (Wildman–Crippen MR) is 179 cm³/mol. The molecule has 22 heteroatoms. The van der Waals surface area contributed by atoms with E-state index in [1.54, 1.807) is 0 Å². The Morgan fingerprint density at radius 3 is 2.11 bits per heavy atom. The lowest BCUT2D eigenvalue weighted by atomic mass is 9.75. The number of amides is 1. The molecular weight excluding hydrogens is 710 g/mol. The number of aliphatic hydroxyl groups is 8. The van der Waals surface area contributed by atoms with Gasteiger partial charge in [0.05, 0.1) is 43.5 Å². The number of nitrogens with one attached hydrogen (secondary N) is 2. The van der Waals surface area contributed by atoms with Crippen LogP contribution >= 0.6 is 0 Å². The second kappa shape index (κ2) is 18.3. The third-order valence-corrected chi connectivity index (χ3v) is 10.7. The van der Waals surface area contributed by atoms with E-state index in [4.69, 9.17) is 62.2 Å². The Morgan fingerprint density at radius 1 is 0.811 bits per heavy atom. The molecule has 5 fully saturated rings. The first-order valence-corrected chi connectivity index (χ1v) is 18.1. The molecule has 3 heterocycles. The zero-order valence-corrected chi connectivity index (χ0v) is 29.4. The number of rotatable bonds is 15. The molecule has 5 rings (SSSR count). The van der Waals surface area contributed by atoms with E-state index in [2.05, 4.69) is 10.6 Å². The number of hydrogen-bond donors (Lipinski definition) is 15. The van der Waals surface area contributed by atoms with Crippen molar-refractivity contribution in [2.24, 2.45) is 28.7 Å². The first-order chi connectivity index (χ1) is 25.1. The minimum atomic E-state index is -1.73. The summed E-state index contributed by atoms with van der Waals surface area (Å²) in [5.41, 5.74) is 28.8. The molecule has 0 spiro atoms. The molecule has 1 unspecified atom stereocenters. The molecule has 308 valence electrons. The van der Waals surface area contributed by atoms with Gasteiger partial charge in [-0.3, -0.25) is 4.79 Å². The Balaban J connectivity index is 1.33. The minimum Gasteiger partial charge on any atom is -0.394 e. The normalized spacial score (nSPS) is 48.2. The van der Waals surface area contributed by atoms with Crippen LogP contribution in [-0.4, -0.2) is 201 Å². The summed E-state index contributed by atoms with van der Waals surface area (Å²) >= 11 is 0. The van der Waals surface area contributed by atoms with E-state index in [9.17, 15) is 40.5 Å². The molecule has 20 N–H and O–H groups in total. The Bertz CT molecular complexity index is 1180. The van der Waals surface area contributed by atoms with E-state index >= 15 is 0 Å². The van der Waals surface area contributed by atoms with Crippen LogP contribution in [0.1, 0.15) is 32.1 Å². The van der Waals surface area contributed by atoms with E-state index in [-0.39, 0.29) is 38.4 Å². The van der Waals surface area contributed by atoms with Crippen molar-refractivity contribution in [1.29, 1.82) is 0 Å². The molecule has 2 saturated carbocycles. The monoisotopic (exact) mass is 769 g/mol. The fourth-order valence-electron chi connectivity index (χ4n) is 7.51. The van der Waals surface area contributed by atoms with E-state index in [0.29, 0.717) is 19.4 Å². The maximum absolute atomic E-state index is 13.1. The highest BCUT2D eigenvalue weighted by atomic mass is 16.8. The molecule has 0 aromatic carbocycles. The molecular formula is C31H59N7O15. The summed E-state index contributed by atoms with van der Waals surface area (Å²) in [5.74, 6) is -0.759. The van der Waals surface area contributed by atoms with Crippen LogP contribution in [0.15, 0.2) is 0 Å². The maximum atomic E-state index is 13.1. The molecule has 0 radical (unpaired) electrons. The second-order valence-corrected chi connectivity index (χ2v) is 14.9. The third kappa shape index (κ3) is 9.62. The van der Waals surface area contributed by atoms with Crippen molar-refractivity contribution in [2.75, 3.05) is 32.8 Å². The summed E-state index contributed by atoms with van der Waals surface area (Å²) in [7, 11) is 0. The van der Waals surface area contributed by atoms with Crippen molar-refractivity contribution < 1.29 is 74.1 Å². The van der Waals surface area contributed by atoms with Crippen molar-refractivity contribution in [3.63, 3.8) is 0 Å². The quantitative estimate of drug-likeness (QED) is 0.0735. The molecule has 1 amide bonds. The van der Waals surface area contributed by atoms with Gasteiger partial charge in [-0.15, -0.1) is 0 Å². The number of aliphatic hydroxyl groups excluding tert-OH is 7. The SMILES string of the molecule is NC[C@@H]1O[C@H](O[C@H]2[C@@H](O)[C@H](O[C@@H]3[C@@H](O)[C@H](NC(=O)C4(O)CC(N)C4)C[C@H](N)[C@H]3O[C@H]3O[C@H](CNCC(O)CO)CC[C@H]3N)O[C@@H]2CO)[C@H](N)[C@@H](O)[C@@H]1O. The Morgan fingerprint density at radius 2 is 1.47 bits per heavy atom. The van der Waals surface area contributed by atoms with Gasteiger partial charge in [0.15, 0.2) is 18.9 Å². The number of ether oxygens (including phenoxy) is 6. The number of carbonyl (C=O) groups excluding carboxylic acids is 1. The minimum absolute atomic E-state index is 0.0215. The lowest BCUT2D eigenvalue weighted by Crippen LogP contribution is -2.69. The molecule has 3 aliphatic heterocycles. The van der Waals surface area contributed by atoms with Crippen molar-refractivity contribution in [1.82, 2.24) is 10.6 Å². The van der Waals surface area contributed by atoms with Gasteiger partial charge in [0, 0.05) is 44.6 Å². The van der Waals surface area contributed by atoms with Gasteiger partial charge in [-0.2, -0.15) is 0 Å². The van der Waals surface area contributed by atoms with Gasteiger partial charge in [-0.1, -0.05) is 0 Å². The Hall–Kier alpha value is -1.33. The van der Waals surface area contributed by atoms with Gasteiger partial charge in [-0.05, 0) is 19.3 Å². The average molecular weight is 770 g/mol. The second-order valence-electron chi connectivity index (χ2n) is 14.9. The molecule has 18 atom stereocenters. The smallest absolute Gasteiger partial charge is 0.252 e. The van der Waals surface area contributed by atoms with Crippen molar-refractivity contribution in [3.05, 3.63) is 0 Å². The molecule has 2 aliphatic carbocycles. The van der Waals surface area contributed by atoms with E-state index in [1.165, 1.54) is 0 Å². The van der Waals surface area contributed by atoms with Crippen LogP contribution in [0.3, 0.4) is 0 Å². The number of hydrogen-bond acceptors (Lipinski definition) is 21. The summed E-state index contributed by atoms with van der Waals surface area (Å²) < 4.78 is 36.0. The standard InChI is InChI=1S/C31H59N7O15/c32-6-17-21(43)22(44)19(36)28(49-17)52-25-18(10-40)50-29(23(25)45)53-26-20(42)16(38-30(46)31(47)4-11(33)5-31)3-15(35)24(26)51-27-14(34)2-1-13(48-27)8-37-7-12(41)9-39/h11-29,37,39-45,47H,1-10,32-36H2,(H,38,46)/t11?,12?,13-,14+,15-,16+,17-,18+,19+,20-,21+,22+,23+,24+,25+,26+,27+,28+,29-,31?/m0/s1. The van der Waals surface area contributed by atoms with Gasteiger partial charge in [0.2, 0.25) is 0 Å². The van der Waals surface area contributed by atoms with Gasteiger partial charge < -0.3 is 109 Å². The zero-order chi connectivity index (χ0) is 38.8. The van der Waals surface area contributed by atoms with Gasteiger partial charge >= 0.3 is 0 Å². The molecule has 3 saturated heterocycles. The van der Waals surface area contributed by atoms with Crippen LogP contribution in [0.25, 0.3) is 0 Å². The summed E-state index contributed by atoms with van der Waals surface area (Å²) in [5, 5.41) is 89.2. The fourth-order valence-corrected chi connectivity index (χ4v) is 7.51. The summed E-state index contributed by atoms with van der Waals surface area (Å²) in [6, 6.07) is -4.30. The van der Waals surface area contributed by atoms with E-state index in [0.717, 1.165) is 0 Å². The average Bonchev–Trinajstić information content (AvgIpc) is 3.41. The molecule has 0 bridgehead atoms. The Labute approximate surface area is 306 Å². The first kappa shape index (κ1) is 42.8. The van der Waals surface area contributed by atoms with Crippen LogP contribution in [0.5, 0.6) is 0 Å². The zero-order valence-electron chi connectivity index (χ0n) is 29.4. The highest BCUT2D eigenvalue weighted by Crippen LogP contribution is 2.36. The number of carbonyl (C=O) groups is 1.